The minimum absolute atomic E-state index is 0.394. The zero-order valence-corrected chi connectivity index (χ0v) is 13.5. The molecule has 2 rings (SSSR count). The molecule has 2 fully saturated rings. The number of hydrogen-bond donors (Lipinski definition) is 1. The van der Waals surface area contributed by atoms with Crippen LogP contribution >= 0.6 is 0 Å². The van der Waals surface area contributed by atoms with Crippen LogP contribution in [0.25, 0.3) is 0 Å². The minimum atomic E-state index is 0.394. The summed E-state index contributed by atoms with van der Waals surface area (Å²) in [6.45, 7) is 13.4. The molecule has 0 amide bonds. The molecular formula is C17H34N2. The van der Waals surface area contributed by atoms with Crippen molar-refractivity contribution in [3.63, 3.8) is 0 Å². The van der Waals surface area contributed by atoms with Gasteiger partial charge in [0, 0.05) is 19.1 Å². The third kappa shape index (κ3) is 3.33. The zero-order valence-electron chi connectivity index (χ0n) is 13.5. The molecule has 0 aromatic carbocycles. The molecule has 0 saturated heterocycles. The molecule has 2 nitrogen and oxygen atoms in total. The van der Waals surface area contributed by atoms with Crippen molar-refractivity contribution in [2.75, 3.05) is 19.6 Å². The van der Waals surface area contributed by atoms with E-state index in [1.807, 2.05) is 0 Å². The lowest BCUT2D eigenvalue weighted by atomic mass is 9.61. The van der Waals surface area contributed by atoms with E-state index in [0.29, 0.717) is 17.4 Å². The first-order valence-corrected chi connectivity index (χ1v) is 8.43. The van der Waals surface area contributed by atoms with Crippen LogP contribution in [-0.2, 0) is 0 Å². The second kappa shape index (κ2) is 6.13. The van der Waals surface area contributed by atoms with Crippen molar-refractivity contribution in [1.82, 2.24) is 4.90 Å². The molecular weight excluding hydrogens is 232 g/mol. The summed E-state index contributed by atoms with van der Waals surface area (Å²) in [5.74, 6) is 2.46. The Labute approximate surface area is 120 Å². The van der Waals surface area contributed by atoms with E-state index in [4.69, 9.17) is 5.73 Å². The van der Waals surface area contributed by atoms with E-state index in [-0.39, 0.29) is 0 Å². The van der Waals surface area contributed by atoms with Crippen LogP contribution in [0.1, 0.15) is 59.8 Å². The molecule has 2 aliphatic carbocycles. The smallest absolute Gasteiger partial charge is 0.00698 e. The van der Waals surface area contributed by atoms with Crippen molar-refractivity contribution < 1.29 is 0 Å². The zero-order chi connectivity index (χ0) is 14.0. The largest absolute Gasteiger partial charge is 0.327 e. The van der Waals surface area contributed by atoms with Crippen molar-refractivity contribution in [1.29, 1.82) is 0 Å². The quantitative estimate of drug-likeness (QED) is 0.825. The Morgan fingerprint density at radius 1 is 1.11 bits per heavy atom. The second-order valence-corrected chi connectivity index (χ2v) is 7.70. The van der Waals surface area contributed by atoms with Crippen LogP contribution in [0.2, 0.25) is 0 Å². The van der Waals surface area contributed by atoms with E-state index in [2.05, 4.69) is 32.6 Å². The normalized spacial score (nSPS) is 35.4. The monoisotopic (exact) mass is 266 g/mol. The molecule has 0 spiro atoms. The SMILES string of the molecule is CCN(CC1CCC1)CC1CCC(N)C(C)C1(C)C. The van der Waals surface area contributed by atoms with Gasteiger partial charge in [0.2, 0.25) is 0 Å². The summed E-state index contributed by atoms with van der Waals surface area (Å²) in [7, 11) is 0. The highest BCUT2D eigenvalue weighted by atomic mass is 15.1. The highest BCUT2D eigenvalue weighted by Crippen LogP contribution is 2.44. The van der Waals surface area contributed by atoms with Gasteiger partial charge in [-0.2, -0.15) is 0 Å². The van der Waals surface area contributed by atoms with Gasteiger partial charge in [0.15, 0.2) is 0 Å². The number of hydrogen-bond acceptors (Lipinski definition) is 2. The Kier molecular flexibility index (Phi) is 4.94. The van der Waals surface area contributed by atoms with Crippen molar-refractivity contribution in [3.05, 3.63) is 0 Å². The van der Waals surface area contributed by atoms with E-state index < -0.39 is 0 Å². The summed E-state index contributed by atoms with van der Waals surface area (Å²) in [6, 6.07) is 0.410. The minimum Gasteiger partial charge on any atom is -0.327 e. The van der Waals surface area contributed by atoms with Crippen molar-refractivity contribution >= 4 is 0 Å². The topological polar surface area (TPSA) is 29.3 Å². The molecule has 2 heteroatoms. The molecule has 0 bridgehead atoms. The van der Waals surface area contributed by atoms with E-state index in [9.17, 15) is 0 Å². The number of rotatable bonds is 5. The van der Waals surface area contributed by atoms with E-state index in [1.54, 1.807) is 0 Å². The van der Waals surface area contributed by atoms with Crippen LogP contribution < -0.4 is 5.73 Å². The van der Waals surface area contributed by atoms with Crippen LogP contribution in [0.4, 0.5) is 0 Å². The summed E-state index contributed by atoms with van der Waals surface area (Å²) in [6.07, 6.45) is 6.93. The van der Waals surface area contributed by atoms with Gasteiger partial charge >= 0.3 is 0 Å². The fourth-order valence-corrected chi connectivity index (χ4v) is 3.95. The van der Waals surface area contributed by atoms with Gasteiger partial charge < -0.3 is 10.6 Å². The lowest BCUT2D eigenvalue weighted by Gasteiger charge is -2.48. The first-order chi connectivity index (χ1) is 8.95. The third-order valence-corrected chi connectivity index (χ3v) is 6.38. The second-order valence-electron chi connectivity index (χ2n) is 7.70. The van der Waals surface area contributed by atoms with Gasteiger partial charge in [0.1, 0.15) is 0 Å². The Bertz CT molecular complexity index is 283. The van der Waals surface area contributed by atoms with Crippen molar-refractivity contribution in [3.8, 4) is 0 Å². The van der Waals surface area contributed by atoms with Gasteiger partial charge in [0.25, 0.3) is 0 Å². The van der Waals surface area contributed by atoms with E-state index >= 15 is 0 Å². The highest BCUT2D eigenvalue weighted by molar-refractivity contribution is 4.94. The first-order valence-electron chi connectivity index (χ1n) is 8.43. The third-order valence-electron chi connectivity index (χ3n) is 6.38. The van der Waals surface area contributed by atoms with Crippen LogP contribution in [-0.4, -0.2) is 30.6 Å². The molecule has 0 aromatic heterocycles. The molecule has 2 saturated carbocycles. The molecule has 2 N–H and O–H groups in total. The molecule has 3 atom stereocenters. The highest BCUT2D eigenvalue weighted by Gasteiger charge is 2.42. The lowest BCUT2D eigenvalue weighted by Crippen LogP contribution is -2.50. The van der Waals surface area contributed by atoms with Crippen LogP contribution in [0.15, 0.2) is 0 Å². The fraction of sp³-hybridized carbons (Fsp3) is 1.00. The summed E-state index contributed by atoms with van der Waals surface area (Å²) < 4.78 is 0. The maximum absolute atomic E-state index is 6.28. The summed E-state index contributed by atoms with van der Waals surface area (Å²) in [5, 5.41) is 0. The summed E-state index contributed by atoms with van der Waals surface area (Å²) in [5.41, 5.74) is 6.67. The van der Waals surface area contributed by atoms with E-state index in [1.165, 1.54) is 51.7 Å². The summed E-state index contributed by atoms with van der Waals surface area (Å²) >= 11 is 0. The standard InChI is InChI=1S/C17H34N2/c1-5-19(11-14-7-6-8-14)12-15-9-10-16(18)13(2)17(15,3)4/h13-16H,5-12,18H2,1-4H3. The number of nitrogens with two attached hydrogens (primary N) is 1. The maximum Gasteiger partial charge on any atom is 0.00698 e. The molecule has 0 aromatic rings. The predicted molar refractivity (Wildman–Crippen MR) is 83.1 cm³/mol. The molecule has 3 unspecified atom stereocenters. The molecule has 112 valence electrons. The summed E-state index contributed by atoms with van der Waals surface area (Å²) in [4.78, 5) is 2.71. The van der Waals surface area contributed by atoms with Gasteiger partial charge in [0.05, 0.1) is 0 Å². The number of nitrogens with zero attached hydrogens (tertiary/aromatic N) is 1. The van der Waals surface area contributed by atoms with Crippen LogP contribution in [0.3, 0.4) is 0 Å². The van der Waals surface area contributed by atoms with Crippen LogP contribution in [0, 0.1) is 23.2 Å². The van der Waals surface area contributed by atoms with Gasteiger partial charge in [-0.1, -0.05) is 34.1 Å². The Hall–Kier alpha value is -0.0800. The molecule has 0 heterocycles. The Morgan fingerprint density at radius 2 is 1.79 bits per heavy atom. The van der Waals surface area contributed by atoms with Crippen LogP contribution in [0.5, 0.6) is 0 Å². The van der Waals surface area contributed by atoms with Gasteiger partial charge in [-0.3, -0.25) is 0 Å². The molecule has 19 heavy (non-hydrogen) atoms. The fourth-order valence-electron chi connectivity index (χ4n) is 3.95. The van der Waals surface area contributed by atoms with Gasteiger partial charge in [-0.25, -0.2) is 0 Å². The first kappa shape index (κ1) is 15.3. The predicted octanol–water partition coefficient (Wildman–Crippen LogP) is 3.51. The van der Waals surface area contributed by atoms with Crippen molar-refractivity contribution in [2.45, 2.75) is 65.8 Å². The van der Waals surface area contributed by atoms with E-state index in [0.717, 1.165) is 11.8 Å². The lowest BCUT2D eigenvalue weighted by molar-refractivity contribution is 0.0233. The molecule has 0 radical (unpaired) electrons. The van der Waals surface area contributed by atoms with Gasteiger partial charge in [-0.15, -0.1) is 0 Å². The molecule has 2 aliphatic rings. The average molecular weight is 266 g/mol. The van der Waals surface area contributed by atoms with Gasteiger partial charge in [-0.05, 0) is 55.4 Å². The Balaban J connectivity index is 1.92. The van der Waals surface area contributed by atoms with Crippen molar-refractivity contribution in [2.24, 2.45) is 28.9 Å². The maximum atomic E-state index is 6.28. The average Bonchev–Trinajstić information content (AvgIpc) is 2.32. The Morgan fingerprint density at radius 3 is 2.32 bits per heavy atom. The molecule has 0 aliphatic heterocycles.